The lowest BCUT2D eigenvalue weighted by atomic mass is 10.2. The molecule has 5 heteroatoms. The van der Waals surface area contributed by atoms with E-state index in [0.29, 0.717) is 12.1 Å². The summed E-state index contributed by atoms with van der Waals surface area (Å²) in [5, 5.41) is 8.55. The Balaban J connectivity index is 2.78. The average molecular weight is 267 g/mol. The zero-order valence-electron chi connectivity index (χ0n) is 10.3. The number of aliphatic hydroxyl groups excluding tert-OH is 1. The summed E-state index contributed by atoms with van der Waals surface area (Å²) < 4.78 is 26.2. The van der Waals surface area contributed by atoms with Crippen LogP contribution in [0.5, 0.6) is 0 Å². The van der Waals surface area contributed by atoms with Gasteiger partial charge in [-0.15, -0.1) is 0 Å². The quantitative estimate of drug-likeness (QED) is 0.620. The highest BCUT2D eigenvalue weighted by molar-refractivity contribution is 7.89. The van der Waals surface area contributed by atoms with Crippen LogP contribution < -0.4 is 4.72 Å². The van der Waals surface area contributed by atoms with Crippen molar-refractivity contribution in [2.24, 2.45) is 0 Å². The van der Waals surface area contributed by atoms with Gasteiger partial charge < -0.3 is 5.11 Å². The summed E-state index contributed by atoms with van der Waals surface area (Å²) in [5.74, 6) is 5.22. The number of hydrogen-bond donors (Lipinski definition) is 2. The predicted molar refractivity (Wildman–Crippen MR) is 70.5 cm³/mol. The number of rotatable bonds is 5. The molecule has 1 aromatic rings. The lowest BCUT2D eigenvalue weighted by Crippen LogP contribution is -2.24. The molecular formula is C13H17NO3S. The molecule has 0 radical (unpaired) electrons. The molecule has 0 aliphatic carbocycles. The van der Waals surface area contributed by atoms with E-state index in [9.17, 15) is 8.42 Å². The predicted octanol–water partition coefficient (Wildman–Crippen LogP) is 1.11. The summed E-state index contributed by atoms with van der Waals surface area (Å²) in [7, 11) is -3.42. The molecule has 1 rings (SSSR count). The Morgan fingerprint density at radius 3 is 2.50 bits per heavy atom. The third-order valence-electron chi connectivity index (χ3n) is 2.30. The van der Waals surface area contributed by atoms with Crippen molar-refractivity contribution in [2.75, 3.05) is 13.2 Å². The minimum Gasteiger partial charge on any atom is -0.384 e. The molecule has 0 unspecified atom stereocenters. The average Bonchev–Trinajstić information content (AvgIpc) is 2.37. The first kappa shape index (κ1) is 14.7. The molecule has 0 aliphatic heterocycles. The van der Waals surface area contributed by atoms with Crippen molar-refractivity contribution in [1.29, 1.82) is 0 Å². The smallest absolute Gasteiger partial charge is 0.240 e. The van der Waals surface area contributed by atoms with Gasteiger partial charge in [0.25, 0.3) is 0 Å². The van der Waals surface area contributed by atoms with Gasteiger partial charge in [0.15, 0.2) is 0 Å². The van der Waals surface area contributed by atoms with Gasteiger partial charge in [-0.05, 0) is 30.7 Å². The zero-order valence-corrected chi connectivity index (χ0v) is 11.1. The van der Waals surface area contributed by atoms with Crippen LogP contribution in [0.25, 0.3) is 0 Å². The summed E-state index contributed by atoms with van der Waals surface area (Å²) in [6.45, 7) is 2.24. The second-order valence-electron chi connectivity index (χ2n) is 3.74. The van der Waals surface area contributed by atoms with Gasteiger partial charge in [0, 0.05) is 12.1 Å². The molecule has 0 heterocycles. The molecule has 4 nitrogen and oxygen atoms in total. The van der Waals surface area contributed by atoms with Crippen molar-refractivity contribution < 1.29 is 13.5 Å². The first-order chi connectivity index (χ1) is 8.60. The van der Waals surface area contributed by atoms with Crippen LogP contribution in [0.1, 0.15) is 25.3 Å². The van der Waals surface area contributed by atoms with Crippen molar-refractivity contribution in [3.8, 4) is 11.8 Å². The molecule has 0 saturated heterocycles. The van der Waals surface area contributed by atoms with Crippen molar-refractivity contribution in [1.82, 2.24) is 4.72 Å². The molecule has 0 fully saturated rings. The van der Waals surface area contributed by atoms with E-state index in [0.717, 1.165) is 12.8 Å². The topological polar surface area (TPSA) is 66.4 Å². The Hall–Kier alpha value is -1.35. The van der Waals surface area contributed by atoms with Crippen LogP contribution in [0.4, 0.5) is 0 Å². The molecule has 2 N–H and O–H groups in total. The Morgan fingerprint density at radius 2 is 1.94 bits per heavy atom. The third-order valence-corrected chi connectivity index (χ3v) is 3.78. The highest BCUT2D eigenvalue weighted by Gasteiger charge is 2.12. The third kappa shape index (κ3) is 4.49. The van der Waals surface area contributed by atoms with E-state index in [2.05, 4.69) is 16.6 Å². The van der Waals surface area contributed by atoms with Gasteiger partial charge >= 0.3 is 0 Å². The van der Waals surface area contributed by atoms with Crippen LogP contribution in [0.2, 0.25) is 0 Å². The molecule has 0 atom stereocenters. The number of hydrogen-bond acceptors (Lipinski definition) is 3. The van der Waals surface area contributed by atoms with Gasteiger partial charge in [-0.3, -0.25) is 0 Å². The fraction of sp³-hybridized carbons (Fsp3) is 0.385. The summed E-state index contributed by atoms with van der Waals surface area (Å²) in [6.07, 6.45) is 1.76. The first-order valence-corrected chi connectivity index (χ1v) is 7.28. The molecule has 1 aromatic carbocycles. The van der Waals surface area contributed by atoms with Crippen LogP contribution in [-0.4, -0.2) is 26.7 Å². The Bertz CT molecular complexity index is 524. The Morgan fingerprint density at radius 1 is 1.28 bits per heavy atom. The highest BCUT2D eigenvalue weighted by Crippen LogP contribution is 2.09. The van der Waals surface area contributed by atoms with Gasteiger partial charge in [0.1, 0.15) is 6.61 Å². The van der Waals surface area contributed by atoms with Gasteiger partial charge in [0.05, 0.1) is 4.90 Å². The maximum atomic E-state index is 11.8. The standard InChI is InChI=1S/C13H17NO3S/c1-2-3-10-14-18(16,17)13-8-6-12(7-9-13)5-4-11-15/h6-9,14-15H,2-3,10-11H2,1H3. The van der Waals surface area contributed by atoms with Gasteiger partial charge in [-0.2, -0.15) is 0 Å². The molecular weight excluding hydrogens is 250 g/mol. The lowest BCUT2D eigenvalue weighted by Gasteiger charge is -2.05. The minimum absolute atomic E-state index is 0.210. The molecule has 0 aromatic heterocycles. The van der Waals surface area contributed by atoms with E-state index in [1.807, 2.05) is 6.92 Å². The monoisotopic (exact) mass is 267 g/mol. The Kier molecular flexibility index (Phi) is 5.86. The fourth-order valence-corrected chi connectivity index (χ4v) is 2.40. The van der Waals surface area contributed by atoms with E-state index in [1.54, 1.807) is 12.1 Å². The number of nitrogens with one attached hydrogen (secondary N) is 1. The number of sulfonamides is 1. The largest absolute Gasteiger partial charge is 0.384 e. The molecule has 0 aliphatic rings. The van der Waals surface area contributed by atoms with Crippen molar-refractivity contribution in [3.05, 3.63) is 29.8 Å². The van der Waals surface area contributed by atoms with Crippen LogP contribution in [0.3, 0.4) is 0 Å². The van der Waals surface area contributed by atoms with E-state index in [-0.39, 0.29) is 11.5 Å². The van der Waals surface area contributed by atoms with Crippen molar-refractivity contribution in [3.63, 3.8) is 0 Å². The first-order valence-electron chi connectivity index (χ1n) is 5.79. The van der Waals surface area contributed by atoms with Crippen molar-refractivity contribution in [2.45, 2.75) is 24.7 Å². The van der Waals surface area contributed by atoms with E-state index in [1.165, 1.54) is 12.1 Å². The normalized spacial score (nSPS) is 10.8. The highest BCUT2D eigenvalue weighted by atomic mass is 32.2. The summed E-state index contributed by atoms with van der Waals surface area (Å²) >= 11 is 0. The zero-order chi connectivity index (χ0) is 13.4. The van der Waals surface area contributed by atoms with Gasteiger partial charge in [-0.1, -0.05) is 25.2 Å². The van der Waals surface area contributed by atoms with E-state index >= 15 is 0 Å². The maximum absolute atomic E-state index is 11.8. The molecule has 98 valence electrons. The molecule has 0 amide bonds. The molecule has 0 bridgehead atoms. The Labute approximate surface area is 108 Å². The lowest BCUT2D eigenvalue weighted by molar-refractivity contribution is 0.350. The summed E-state index contributed by atoms with van der Waals surface area (Å²) in [6, 6.07) is 6.26. The summed E-state index contributed by atoms with van der Waals surface area (Å²) in [5.41, 5.74) is 0.677. The number of unbranched alkanes of at least 4 members (excludes halogenated alkanes) is 1. The second kappa shape index (κ2) is 7.17. The van der Waals surface area contributed by atoms with Crippen molar-refractivity contribution >= 4 is 10.0 Å². The summed E-state index contributed by atoms with van der Waals surface area (Å²) in [4.78, 5) is 0.230. The van der Waals surface area contributed by atoms with Crippen LogP contribution >= 0.6 is 0 Å². The molecule has 18 heavy (non-hydrogen) atoms. The van der Waals surface area contributed by atoms with Crippen LogP contribution in [0, 0.1) is 11.8 Å². The van der Waals surface area contributed by atoms with Gasteiger partial charge in [-0.25, -0.2) is 13.1 Å². The maximum Gasteiger partial charge on any atom is 0.240 e. The van der Waals surface area contributed by atoms with Crippen LogP contribution in [-0.2, 0) is 10.0 Å². The second-order valence-corrected chi connectivity index (χ2v) is 5.50. The molecule has 0 spiro atoms. The number of aliphatic hydroxyl groups is 1. The molecule has 0 saturated carbocycles. The van der Waals surface area contributed by atoms with Crippen LogP contribution in [0.15, 0.2) is 29.2 Å². The van der Waals surface area contributed by atoms with E-state index < -0.39 is 10.0 Å². The number of benzene rings is 1. The van der Waals surface area contributed by atoms with E-state index in [4.69, 9.17) is 5.11 Å². The minimum atomic E-state index is -3.42. The van der Waals surface area contributed by atoms with Gasteiger partial charge in [0.2, 0.25) is 10.0 Å². The fourth-order valence-electron chi connectivity index (χ4n) is 1.33. The SMILES string of the molecule is CCCCNS(=O)(=O)c1ccc(C#CCO)cc1.